The zero-order valence-corrected chi connectivity index (χ0v) is 11.7. The van der Waals surface area contributed by atoms with E-state index in [9.17, 15) is 9.90 Å². The van der Waals surface area contributed by atoms with Crippen molar-refractivity contribution in [3.63, 3.8) is 0 Å². The molecule has 110 valence electrons. The van der Waals surface area contributed by atoms with Crippen LogP contribution in [0.3, 0.4) is 0 Å². The fourth-order valence-corrected chi connectivity index (χ4v) is 2.52. The highest BCUT2D eigenvalue weighted by molar-refractivity contribution is 5.93. The van der Waals surface area contributed by atoms with Gasteiger partial charge in [-0.05, 0) is 44.5 Å². The Bertz CT molecular complexity index is 450. The summed E-state index contributed by atoms with van der Waals surface area (Å²) in [6, 6.07) is 7.26. The minimum absolute atomic E-state index is 0.0135. The number of likely N-dealkylation sites (tertiary alicyclic amines) is 1. The Kier molecular flexibility index (Phi) is 5.38. The van der Waals surface area contributed by atoms with Crippen LogP contribution in [-0.4, -0.2) is 41.7 Å². The molecule has 0 saturated carbocycles. The van der Waals surface area contributed by atoms with Gasteiger partial charge in [0.05, 0.1) is 17.5 Å². The number of benzene rings is 1. The minimum atomic E-state index is -0.207. The second kappa shape index (κ2) is 7.26. The molecule has 1 aliphatic rings. The molecule has 1 unspecified atom stereocenters. The molecule has 1 atom stereocenters. The van der Waals surface area contributed by atoms with Gasteiger partial charge in [0.1, 0.15) is 0 Å². The molecule has 0 radical (unpaired) electrons. The molecule has 2 rings (SSSR count). The van der Waals surface area contributed by atoms with Gasteiger partial charge in [-0.1, -0.05) is 12.1 Å². The largest absolute Gasteiger partial charge is 0.397 e. The van der Waals surface area contributed by atoms with Crippen LogP contribution in [0.2, 0.25) is 0 Å². The molecule has 0 aliphatic carbocycles. The van der Waals surface area contributed by atoms with Gasteiger partial charge >= 0.3 is 0 Å². The van der Waals surface area contributed by atoms with Crippen molar-refractivity contribution in [2.75, 3.05) is 30.7 Å². The van der Waals surface area contributed by atoms with E-state index in [1.165, 1.54) is 0 Å². The van der Waals surface area contributed by atoms with Crippen LogP contribution in [0.25, 0.3) is 0 Å². The maximum absolute atomic E-state index is 11.8. The van der Waals surface area contributed by atoms with Crippen LogP contribution in [-0.2, 0) is 4.79 Å². The third kappa shape index (κ3) is 4.51. The first-order chi connectivity index (χ1) is 9.65. The van der Waals surface area contributed by atoms with E-state index in [2.05, 4.69) is 10.2 Å². The molecule has 1 aromatic carbocycles. The number of hydrogen-bond acceptors (Lipinski definition) is 4. The predicted molar refractivity (Wildman–Crippen MR) is 80.4 cm³/mol. The minimum Gasteiger partial charge on any atom is -0.397 e. The monoisotopic (exact) mass is 277 g/mol. The summed E-state index contributed by atoms with van der Waals surface area (Å²) in [6.07, 6.45) is 2.99. The van der Waals surface area contributed by atoms with E-state index in [0.29, 0.717) is 17.8 Å². The zero-order valence-electron chi connectivity index (χ0n) is 11.7. The van der Waals surface area contributed by atoms with E-state index in [4.69, 9.17) is 5.73 Å². The number of nitrogens with one attached hydrogen (secondary N) is 1. The van der Waals surface area contributed by atoms with Crippen molar-refractivity contribution in [3.8, 4) is 0 Å². The van der Waals surface area contributed by atoms with Crippen molar-refractivity contribution in [1.82, 2.24) is 4.90 Å². The molecule has 5 heteroatoms. The van der Waals surface area contributed by atoms with Crippen molar-refractivity contribution in [2.24, 2.45) is 0 Å². The molecule has 1 amide bonds. The molecular formula is C15H23N3O2. The van der Waals surface area contributed by atoms with E-state index in [1.54, 1.807) is 12.1 Å². The number of piperidine rings is 1. The number of amides is 1. The Morgan fingerprint density at radius 3 is 3.00 bits per heavy atom. The Labute approximate surface area is 119 Å². The van der Waals surface area contributed by atoms with Gasteiger partial charge in [0.15, 0.2) is 0 Å². The average Bonchev–Trinajstić information content (AvgIpc) is 2.41. The maximum atomic E-state index is 11.8. The number of rotatable bonds is 5. The van der Waals surface area contributed by atoms with E-state index >= 15 is 0 Å². The summed E-state index contributed by atoms with van der Waals surface area (Å²) in [5.41, 5.74) is 7.03. The first-order valence-electron chi connectivity index (χ1n) is 7.20. The average molecular weight is 277 g/mol. The number of anilines is 2. The lowest BCUT2D eigenvalue weighted by Gasteiger charge is -2.29. The van der Waals surface area contributed by atoms with Gasteiger partial charge in [0.2, 0.25) is 5.91 Å². The molecule has 1 aromatic rings. The molecule has 0 bridgehead atoms. The summed E-state index contributed by atoms with van der Waals surface area (Å²) in [7, 11) is 0. The van der Waals surface area contributed by atoms with Crippen LogP contribution in [0.1, 0.15) is 25.7 Å². The summed E-state index contributed by atoms with van der Waals surface area (Å²) in [5, 5.41) is 12.4. The predicted octanol–water partition coefficient (Wildman–Crippen LogP) is 1.44. The molecule has 0 spiro atoms. The lowest BCUT2D eigenvalue weighted by molar-refractivity contribution is -0.116. The van der Waals surface area contributed by atoms with Gasteiger partial charge in [-0.3, -0.25) is 4.79 Å². The number of para-hydroxylation sites is 2. The Morgan fingerprint density at radius 2 is 2.25 bits per heavy atom. The summed E-state index contributed by atoms with van der Waals surface area (Å²) in [6.45, 7) is 2.60. The SMILES string of the molecule is Nc1ccccc1NC(=O)CCCN1CCCC(O)C1. The second-order valence-electron chi connectivity index (χ2n) is 5.34. The standard InChI is InChI=1S/C15H23N3O2/c16-13-6-1-2-7-14(13)17-15(20)8-4-10-18-9-3-5-12(19)11-18/h1-2,6-7,12,19H,3-5,8-11,16H2,(H,17,20). The fraction of sp³-hybridized carbons (Fsp3) is 0.533. The first-order valence-corrected chi connectivity index (χ1v) is 7.20. The molecule has 20 heavy (non-hydrogen) atoms. The Morgan fingerprint density at radius 1 is 1.45 bits per heavy atom. The van der Waals surface area contributed by atoms with E-state index in [1.807, 2.05) is 12.1 Å². The van der Waals surface area contributed by atoms with Crippen LogP contribution in [0.15, 0.2) is 24.3 Å². The smallest absolute Gasteiger partial charge is 0.224 e. The molecule has 1 fully saturated rings. The number of hydrogen-bond donors (Lipinski definition) is 3. The van der Waals surface area contributed by atoms with Crippen LogP contribution in [0.5, 0.6) is 0 Å². The third-order valence-corrected chi connectivity index (χ3v) is 3.59. The van der Waals surface area contributed by atoms with Crippen molar-refractivity contribution in [1.29, 1.82) is 0 Å². The van der Waals surface area contributed by atoms with Crippen LogP contribution < -0.4 is 11.1 Å². The van der Waals surface area contributed by atoms with Gasteiger partial charge in [0, 0.05) is 13.0 Å². The highest BCUT2D eigenvalue weighted by Crippen LogP contribution is 2.17. The summed E-state index contributed by atoms with van der Waals surface area (Å²) >= 11 is 0. The number of carbonyl (C=O) groups excluding carboxylic acids is 1. The van der Waals surface area contributed by atoms with E-state index in [-0.39, 0.29) is 12.0 Å². The molecule has 1 saturated heterocycles. The highest BCUT2D eigenvalue weighted by atomic mass is 16.3. The van der Waals surface area contributed by atoms with Crippen molar-refractivity contribution in [2.45, 2.75) is 31.8 Å². The van der Waals surface area contributed by atoms with Crippen LogP contribution >= 0.6 is 0 Å². The molecule has 5 nitrogen and oxygen atoms in total. The molecule has 1 heterocycles. The van der Waals surface area contributed by atoms with Gasteiger partial charge in [0.25, 0.3) is 0 Å². The van der Waals surface area contributed by atoms with Gasteiger partial charge in [-0.25, -0.2) is 0 Å². The fourth-order valence-electron chi connectivity index (χ4n) is 2.52. The van der Waals surface area contributed by atoms with Crippen molar-refractivity contribution >= 4 is 17.3 Å². The number of nitrogen functional groups attached to an aromatic ring is 1. The number of carbonyl (C=O) groups is 1. The third-order valence-electron chi connectivity index (χ3n) is 3.59. The number of nitrogens with two attached hydrogens (primary N) is 1. The molecular weight excluding hydrogens is 254 g/mol. The van der Waals surface area contributed by atoms with Crippen LogP contribution in [0, 0.1) is 0 Å². The summed E-state index contributed by atoms with van der Waals surface area (Å²) in [4.78, 5) is 14.1. The number of aliphatic hydroxyl groups excluding tert-OH is 1. The quantitative estimate of drug-likeness (QED) is 0.712. The molecule has 1 aliphatic heterocycles. The Balaban J connectivity index is 1.69. The van der Waals surface area contributed by atoms with E-state index < -0.39 is 0 Å². The zero-order chi connectivity index (χ0) is 14.4. The van der Waals surface area contributed by atoms with Gasteiger partial charge in [-0.2, -0.15) is 0 Å². The number of aliphatic hydroxyl groups is 1. The summed E-state index contributed by atoms with van der Waals surface area (Å²) < 4.78 is 0. The second-order valence-corrected chi connectivity index (χ2v) is 5.34. The maximum Gasteiger partial charge on any atom is 0.224 e. The highest BCUT2D eigenvalue weighted by Gasteiger charge is 2.17. The topological polar surface area (TPSA) is 78.6 Å². The summed E-state index contributed by atoms with van der Waals surface area (Å²) in [5.74, 6) is -0.0135. The Hall–Kier alpha value is -1.59. The van der Waals surface area contributed by atoms with Crippen LogP contribution in [0.4, 0.5) is 11.4 Å². The molecule has 4 N–H and O–H groups in total. The number of nitrogens with zero attached hydrogens (tertiary/aromatic N) is 1. The van der Waals surface area contributed by atoms with Gasteiger partial charge < -0.3 is 21.1 Å². The van der Waals surface area contributed by atoms with Gasteiger partial charge in [-0.15, -0.1) is 0 Å². The molecule has 0 aromatic heterocycles. The lowest BCUT2D eigenvalue weighted by Crippen LogP contribution is -2.38. The number of β-amino-alcohol motifs (C(OH)–C–C–N with tert-alkyl or cyclic N) is 1. The first kappa shape index (κ1) is 14.8. The van der Waals surface area contributed by atoms with Crippen molar-refractivity contribution < 1.29 is 9.90 Å². The lowest BCUT2D eigenvalue weighted by atomic mass is 10.1. The normalized spacial score (nSPS) is 19.8. The van der Waals surface area contributed by atoms with Crippen molar-refractivity contribution in [3.05, 3.63) is 24.3 Å². The van der Waals surface area contributed by atoms with E-state index in [0.717, 1.165) is 38.9 Å².